The molecule has 1 heterocycles. The largest absolute Gasteiger partial charge is 0.482 e. The van der Waals surface area contributed by atoms with Crippen LogP contribution in [0.4, 0.5) is 5.69 Å². The van der Waals surface area contributed by atoms with Crippen molar-refractivity contribution in [2.45, 2.75) is 6.54 Å². The van der Waals surface area contributed by atoms with Gasteiger partial charge >= 0.3 is 5.97 Å². The number of rotatable bonds is 4. The summed E-state index contributed by atoms with van der Waals surface area (Å²) in [6, 6.07) is 5.37. The molecule has 6 nitrogen and oxygen atoms in total. The number of benzene rings is 1. The topological polar surface area (TPSA) is 92.9 Å². The van der Waals surface area contributed by atoms with Crippen LogP contribution < -0.4 is 15.4 Å². The third kappa shape index (κ3) is 2.92. The SMILES string of the molecule is NCc1ccc2c(c1)N(C/C=C/C(=O)O)C(=O)CO2. The van der Waals surface area contributed by atoms with Crippen molar-refractivity contribution < 1.29 is 19.4 Å². The van der Waals surface area contributed by atoms with Crippen LogP contribution in [-0.2, 0) is 16.1 Å². The summed E-state index contributed by atoms with van der Waals surface area (Å²) in [4.78, 5) is 23.7. The second-order valence-electron chi connectivity index (χ2n) is 4.04. The molecule has 100 valence electrons. The fourth-order valence-corrected chi connectivity index (χ4v) is 1.83. The number of nitrogens with two attached hydrogens (primary N) is 1. The van der Waals surface area contributed by atoms with Crippen molar-refractivity contribution in [1.82, 2.24) is 0 Å². The zero-order valence-corrected chi connectivity index (χ0v) is 10.2. The van der Waals surface area contributed by atoms with Crippen molar-refractivity contribution in [2.75, 3.05) is 18.1 Å². The number of anilines is 1. The van der Waals surface area contributed by atoms with E-state index in [1.807, 2.05) is 6.07 Å². The summed E-state index contributed by atoms with van der Waals surface area (Å²) in [6.45, 7) is 0.506. The monoisotopic (exact) mass is 262 g/mol. The average Bonchev–Trinajstić information content (AvgIpc) is 2.40. The molecule has 0 atom stereocenters. The normalized spacial score (nSPS) is 14.4. The maximum absolute atomic E-state index is 11.8. The lowest BCUT2D eigenvalue weighted by molar-refractivity contribution is -0.131. The van der Waals surface area contributed by atoms with Crippen LogP contribution in [0.15, 0.2) is 30.4 Å². The lowest BCUT2D eigenvalue weighted by Gasteiger charge is -2.28. The van der Waals surface area contributed by atoms with Crippen LogP contribution in [0, 0.1) is 0 Å². The van der Waals surface area contributed by atoms with E-state index in [9.17, 15) is 9.59 Å². The lowest BCUT2D eigenvalue weighted by atomic mass is 10.1. The van der Waals surface area contributed by atoms with Gasteiger partial charge in [0.25, 0.3) is 5.91 Å². The first-order valence-electron chi connectivity index (χ1n) is 5.77. The summed E-state index contributed by atoms with van der Waals surface area (Å²) in [5.74, 6) is -0.658. The molecule has 1 aromatic carbocycles. The number of carbonyl (C=O) groups excluding carboxylic acids is 1. The van der Waals surface area contributed by atoms with Gasteiger partial charge in [0.2, 0.25) is 0 Å². The van der Waals surface area contributed by atoms with E-state index in [4.69, 9.17) is 15.6 Å². The molecule has 0 saturated carbocycles. The van der Waals surface area contributed by atoms with E-state index in [0.29, 0.717) is 18.0 Å². The van der Waals surface area contributed by atoms with Crippen LogP contribution >= 0.6 is 0 Å². The molecule has 1 amide bonds. The first-order valence-corrected chi connectivity index (χ1v) is 5.77. The highest BCUT2D eigenvalue weighted by Gasteiger charge is 2.24. The maximum Gasteiger partial charge on any atom is 0.328 e. The highest BCUT2D eigenvalue weighted by Crippen LogP contribution is 2.32. The fourth-order valence-electron chi connectivity index (χ4n) is 1.83. The Bertz CT molecular complexity index is 539. The van der Waals surface area contributed by atoms with Crippen LogP contribution in [0.3, 0.4) is 0 Å². The minimum atomic E-state index is -1.04. The molecule has 6 heteroatoms. The summed E-state index contributed by atoms with van der Waals surface area (Å²) < 4.78 is 5.32. The number of fused-ring (bicyclic) bond motifs is 1. The van der Waals surface area contributed by atoms with Gasteiger partial charge in [-0.05, 0) is 17.7 Å². The molecule has 0 radical (unpaired) electrons. The number of amides is 1. The number of aliphatic carboxylic acids is 1. The third-order valence-corrected chi connectivity index (χ3v) is 2.75. The first kappa shape index (κ1) is 13.1. The van der Waals surface area contributed by atoms with Crippen molar-refractivity contribution in [3.8, 4) is 5.75 Å². The molecule has 0 aromatic heterocycles. The van der Waals surface area contributed by atoms with Gasteiger partial charge in [-0.25, -0.2) is 4.79 Å². The van der Waals surface area contributed by atoms with Gasteiger partial charge in [-0.3, -0.25) is 4.79 Å². The van der Waals surface area contributed by atoms with Crippen molar-refractivity contribution >= 4 is 17.6 Å². The molecule has 0 fully saturated rings. The predicted octanol–water partition coefficient (Wildman–Crippen LogP) is 0.511. The Kier molecular flexibility index (Phi) is 3.82. The minimum Gasteiger partial charge on any atom is -0.482 e. The van der Waals surface area contributed by atoms with Gasteiger partial charge in [0, 0.05) is 19.2 Å². The molecule has 0 unspecified atom stereocenters. The summed E-state index contributed by atoms with van der Waals surface area (Å²) in [5.41, 5.74) is 7.07. The van der Waals surface area contributed by atoms with E-state index in [1.165, 1.54) is 11.0 Å². The van der Waals surface area contributed by atoms with Crippen LogP contribution in [0.5, 0.6) is 5.75 Å². The van der Waals surface area contributed by atoms with E-state index in [2.05, 4.69) is 0 Å². The molecule has 0 aliphatic carbocycles. The standard InChI is InChI=1S/C13H14N2O4/c14-7-9-3-4-11-10(6-9)15(12(16)8-19-11)5-1-2-13(17)18/h1-4,6H,5,7-8,14H2,(H,17,18)/b2-1+. The summed E-state index contributed by atoms with van der Waals surface area (Å²) in [7, 11) is 0. The number of carboxylic acids is 1. The van der Waals surface area contributed by atoms with Crippen molar-refractivity contribution in [1.29, 1.82) is 0 Å². The highest BCUT2D eigenvalue weighted by atomic mass is 16.5. The molecular weight excluding hydrogens is 248 g/mol. The maximum atomic E-state index is 11.8. The van der Waals surface area contributed by atoms with Crippen LogP contribution in [-0.4, -0.2) is 30.1 Å². The zero-order chi connectivity index (χ0) is 13.8. The van der Waals surface area contributed by atoms with Crippen molar-refractivity contribution in [3.63, 3.8) is 0 Å². The van der Waals surface area contributed by atoms with Gasteiger partial charge in [-0.2, -0.15) is 0 Å². The van der Waals surface area contributed by atoms with Gasteiger partial charge in [0.1, 0.15) is 5.75 Å². The number of carbonyl (C=O) groups is 2. The van der Waals surface area contributed by atoms with E-state index in [1.54, 1.807) is 12.1 Å². The van der Waals surface area contributed by atoms with E-state index in [-0.39, 0.29) is 19.1 Å². The Labute approximate surface area is 110 Å². The quantitative estimate of drug-likeness (QED) is 0.771. The molecule has 1 aliphatic heterocycles. The molecular formula is C13H14N2O4. The Morgan fingerprint density at radius 1 is 1.53 bits per heavy atom. The summed E-state index contributed by atoms with van der Waals surface area (Å²) >= 11 is 0. The van der Waals surface area contributed by atoms with E-state index >= 15 is 0 Å². The lowest BCUT2D eigenvalue weighted by Crippen LogP contribution is -2.39. The molecule has 0 bridgehead atoms. The van der Waals surface area contributed by atoms with Crippen molar-refractivity contribution in [3.05, 3.63) is 35.9 Å². The van der Waals surface area contributed by atoms with Gasteiger partial charge in [0.15, 0.2) is 6.61 Å². The van der Waals surface area contributed by atoms with Crippen LogP contribution in [0.1, 0.15) is 5.56 Å². The molecule has 1 aliphatic rings. The van der Waals surface area contributed by atoms with Gasteiger partial charge in [-0.15, -0.1) is 0 Å². The Balaban J connectivity index is 2.28. The smallest absolute Gasteiger partial charge is 0.328 e. The molecule has 0 spiro atoms. The van der Waals surface area contributed by atoms with Gasteiger partial charge in [-0.1, -0.05) is 12.1 Å². The fraction of sp³-hybridized carbons (Fsp3) is 0.231. The van der Waals surface area contributed by atoms with Crippen LogP contribution in [0.2, 0.25) is 0 Å². The minimum absolute atomic E-state index is 0.0458. The number of nitrogens with zero attached hydrogens (tertiary/aromatic N) is 1. The third-order valence-electron chi connectivity index (χ3n) is 2.75. The number of hydrogen-bond donors (Lipinski definition) is 2. The molecule has 19 heavy (non-hydrogen) atoms. The molecule has 2 rings (SSSR count). The number of hydrogen-bond acceptors (Lipinski definition) is 4. The second-order valence-corrected chi connectivity index (χ2v) is 4.04. The van der Waals surface area contributed by atoms with E-state index in [0.717, 1.165) is 11.6 Å². The average molecular weight is 262 g/mol. The molecule has 1 aromatic rings. The molecule has 3 N–H and O–H groups in total. The van der Waals surface area contributed by atoms with E-state index < -0.39 is 5.97 Å². The predicted molar refractivity (Wildman–Crippen MR) is 69.0 cm³/mol. The van der Waals surface area contributed by atoms with Gasteiger partial charge < -0.3 is 20.5 Å². The summed E-state index contributed by atoms with van der Waals surface area (Å²) in [5, 5.41) is 8.55. The van der Waals surface area contributed by atoms with Crippen molar-refractivity contribution in [2.24, 2.45) is 5.73 Å². The number of carboxylic acid groups (broad SMARTS) is 1. The highest BCUT2D eigenvalue weighted by molar-refractivity contribution is 5.98. The number of ether oxygens (including phenoxy) is 1. The van der Waals surface area contributed by atoms with Gasteiger partial charge in [0.05, 0.1) is 5.69 Å². The zero-order valence-electron chi connectivity index (χ0n) is 10.2. The Morgan fingerprint density at radius 2 is 2.32 bits per heavy atom. The Morgan fingerprint density at radius 3 is 3.00 bits per heavy atom. The van der Waals surface area contributed by atoms with Crippen LogP contribution in [0.25, 0.3) is 0 Å². The summed E-state index contributed by atoms with van der Waals surface area (Å²) in [6.07, 6.45) is 2.43. The Hall–Kier alpha value is -2.34. The molecule has 0 saturated heterocycles. The second kappa shape index (κ2) is 5.53. The first-order chi connectivity index (χ1) is 9.11.